The highest BCUT2D eigenvalue weighted by molar-refractivity contribution is 7.25. The summed E-state index contributed by atoms with van der Waals surface area (Å²) in [6, 6.07) is 13.1. The highest BCUT2D eigenvalue weighted by Crippen LogP contribution is 2.39. The van der Waals surface area contributed by atoms with Crippen LogP contribution in [-0.4, -0.2) is 13.1 Å². The molecule has 0 unspecified atom stereocenters. The normalized spacial score (nSPS) is 14.0. The van der Waals surface area contributed by atoms with Gasteiger partial charge in [-0.05, 0) is 47.7 Å². The second kappa shape index (κ2) is 5.25. The molecule has 0 amide bonds. The van der Waals surface area contributed by atoms with E-state index in [4.69, 9.17) is 4.74 Å². The van der Waals surface area contributed by atoms with Gasteiger partial charge in [-0.15, -0.1) is 11.3 Å². The van der Waals surface area contributed by atoms with Crippen molar-refractivity contribution in [2.75, 3.05) is 7.11 Å². The summed E-state index contributed by atoms with van der Waals surface area (Å²) in [5, 5.41) is 2.66. The molecular formula is C19H16O2S. The van der Waals surface area contributed by atoms with Gasteiger partial charge in [0.2, 0.25) is 0 Å². The molecule has 2 aromatic carbocycles. The van der Waals surface area contributed by atoms with Gasteiger partial charge < -0.3 is 4.74 Å². The lowest BCUT2D eigenvalue weighted by Gasteiger charge is -2.17. The Hall–Kier alpha value is -2.13. The van der Waals surface area contributed by atoms with Crippen molar-refractivity contribution in [2.45, 2.75) is 19.3 Å². The van der Waals surface area contributed by atoms with Crippen LogP contribution in [0.25, 0.3) is 25.7 Å². The molecule has 0 saturated heterocycles. The zero-order valence-corrected chi connectivity index (χ0v) is 13.2. The maximum atomic E-state index is 11.6. The Morgan fingerprint density at radius 3 is 2.91 bits per heavy atom. The van der Waals surface area contributed by atoms with Crippen molar-refractivity contribution >= 4 is 43.1 Å². The van der Waals surface area contributed by atoms with E-state index in [0.717, 1.165) is 18.4 Å². The molecule has 1 aliphatic carbocycles. The van der Waals surface area contributed by atoms with E-state index in [-0.39, 0.29) is 5.97 Å². The number of ether oxygens (including phenoxy) is 1. The molecule has 4 rings (SSSR count). The van der Waals surface area contributed by atoms with Crippen molar-refractivity contribution in [1.29, 1.82) is 0 Å². The number of rotatable bonds is 2. The third-order valence-electron chi connectivity index (χ3n) is 4.32. The maximum absolute atomic E-state index is 11.6. The Labute approximate surface area is 133 Å². The first kappa shape index (κ1) is 13.5. The SMILES string of the molecule is COC(=O)CC1=CCCc2cc3c(cc21)sc1ccccc13. The number of carbonyl (C=O) groups is 1. The predicted molar refractivity (Wildman–Crippen MR) is 92.3 cm³/mol. The summed E-state index contributed by atoms with van der Waals surface area (Å²) in [5.74, 6) is -0.171. The van der Waals surface area contributed by atoms with E-state index in [0.29, 0.717) is 6.42 Å². The molecule has 22 heavy (non-hydrogen) atoms. The van der Waals surface area contributed by atoms with Crippen molar-refractivity contribution in [3.63, 3.8) is 0 Å². The number of hydrogen-bond acceptors (Lipinski definition) is 3. The molecule has 3 aromatic rings. The van der Waals surface area contributed by atoms with Crippen LogP contribution in [0.5, 0.6) is 0 Å². The van der Waals surface area contributed by atoms with E-state index in [2.05, 4.69) is 42.5 Å². The van der Waals surface area contributed by atoms with E-state index in [1.165, 1.54) is 38.4 Å². The van der Waals surface area contributed by atoms with Crippen LogP contribution in [0.4, 0.5) is 0 Å². The Bertz CT molecular complexity index is 918. The molecule has 0 radical (unpaired) electrons. The molecule has 2 nitrogen and oxygen atoms in total. The third kappa shape index (κ3) is 2.13. The van der Waals surface area contributed by atoms with E-state index in [9.17, 15) is 4.79 Å². The quantitative estimate of drug-likeness (QED) is 0.626. The van der Waals surface area contributed by atoms with E-state index in [1.54, 1.807) is 0 Å². The molecule has 0 saturated carbocycles. The van der Waals surface area contributed by atoms with Gasteiger partial charge in [-0.1, -0.05) is 24.3 Å². The zero-order valence-electron chi connectivity index (χ0n) is 12.4. The summed E-state index contributed by atoms with van der Waals surface area (Å²) in [5.41, 5.74) is 3.67. The maximum Gasteiger partial charge on any atom is 0.309 e. The van der Waals surface area contributed by atoms with Crippen LogP contribution < -0.4 is 0 Å². The second-order valence-corrected chi connectivity index (χ2v) is 6.71. The Morgan fingerprint density at radius 2 is 2.05 bits per heavy atom. The van der Waals surface area contributed by atoms with Gasteiger partial charge in [0.05, 0.1) is 13.5 Å². The average Bonchev–Trinajstić information content (AvgIpc) is 2.91. The molecule has 0 spiro atoms. The smallest absolute Gasteiger partial charge is 0.309 e. The van der Waals surface area contributed by atoms with Crippen LogP contribution in [0.3, 0.4) is 0 Å². The third-order valence-corrected chi connectivity index (χ3v) is 5.45. The Balaban J connectivity index is 1.89. The zero-order chi connectivity index (χ0) is 15.1. The summed E-state index contributed by atoms with van der Waals surface area (Å²) in [6.07, 6.45) is 4.57. The topological polar surface area (TPSA) is 26.3 Å². The van der Waals surface area contributed by atoms with Crippen LogP contribution in [0.1, 0.15) is 24.0 Å². The molecular weight excluding hydrogens is 292 g/mol. The lowest BCUT2D eigenvalue weighted by atomic mass is 9.88. The molecule has 0 aliphatic heterocycles. The van der Waals surface area contributed by atoms with Crippen LogP contribution >= 0.6 is 11.3 Å². The Kier molecular flexibility index (Phi) is 3.23. The molecule has 3 heteroatoms. The summed E-state index contributed by atoms with van der Waals surface area (Å²) >= 11 is 1.82. The van der Waals surface area contributed by atoms with Crippen LogP contribution in [0.15, 0.2) is 42.5 Å². The summed E-state index contributed by atoms with van der Waals surface area (Å²) in [4.78, 5) is 11.6. The number of aryl methyl sites for hydroxylation is 1. The van der Waals surface area contributed by atoms with Crippen LogP contribution in [0.2, 0.25) is 0 Å². The summed E-state index contributed by atoms with van der Waals surface area (Å²) in [6.45, 7) is 0. The number of allylic oxidation sites excluding steroid dienone is 1. The van der Waals surface area contributed by atoms with E-state index < -0.39 is 0 Å². The highest BCUT2D eigenvalue weighted by Gasteiger charge is 2.18. The standard InChI is InChI=1S/C19H16O2S/c1-21-19(20)10-13-6-4-5-12-9-16-14-7-2-3-8-17(14)22-18(16)11-15(12)13/h2-3,6-9,11H,4-5,10H2,1H3. The van der Waals surface area contributed by atoms with Gasteiger partial charge in [0.1, 0.15) is 0 Å². The lowest BCUT2D eigenvalue weighted by Crippen LogP contribution is -2.06. The lowest BCUT2D eigenvalue weighted by molar-refractivity contribution is -0.139. The first-order chi connectivity index (χ1) is 10.8. The predicted octanol–water partition coefficient (Wildman–Crippen LogP) is 4.95. The van der Waals surface area contributed by atoms with Gasteiger partial charge in [-0.25, -0.2) is 0 Å². The summed E-state index contributed by atoms with van der Waals surface area (Å²) < 4.78 is 7.43. The molecule has 0 N–H and O–H groups in total. The molecule has 0 atom stereocenters. The van der Waals surface area contributed by atoms with E-state index >= 15 is 0 Å². The molecule has 0 bridgehead atoms. The molecule has 1 heterocycles. The number of carbonyl (C=O) groups excluding carboxylic acids is 1. The number of esters is 1. The van der Waals surface area contributed by atoms with Crippen molar-refractivity contribution in [1.82, 2.24) is 0 Å². The van der Waals surface area contributed by atoms with Crippen molar-refractivity contribution < 1.29 is 9.53 Å². The van der Waals surface area contributed by atoms with Gasteiger partial charge in [0.15, 0.2) is 0 Å². The molecule has 0 fully saturated rings. The van der Waals surface area contributed by atoms with Gasteiger partial charge >= 0.3 is 5.97 Å². The van der Waals surface area contributed by atoms with Crippen molar-refractivity contribution in [3.8, 4) is 0 Å². The monoisotopic (exact) mass is 308 g/mol. The first-order valence-electron chi connectivity index (χ1n) is 7.46. The number of fused-ring (bicyclic) bond motifs is 4. The Morgan fingerprint density at radius 1 is 1.18 bits per heavy atom. The van der Waals surface area contributed by atoms with Gasteiger partial charge in [0, 0.05) is 20.2 Å². The number of thiophene rings is 1. The van der Waals surface area contributed by atoms with Crippen LogP contribution in [0, 0.1) is 0 Å². The molecule has 1 aromatic heterocycles. The number of benzene rings is 2. The number of methoxy groups -OCH3 is 1. The first-order valence-corrected chi connectivity index (χ1v) is 8.28. The largest absolute Gasteiger partial charge is 0.469 e. The minimum atomic E-state index is -0.171. The molecule has 1 aliphatic rings. The number of hydrogen-bond donors (Lipinski definition) is 0. The minimum absolute atomic E-state index is 0.171. The minimum Gasteiger partial charge on any atom is -0.469 e. The van der Waals surface area contributed by atoms with Crippen molar-refractivity contribution in [2.24, 2.45) is 0 Å². The second-order valence-electron chi connectivity index (χ2n) is 5.62. The summed E-state index contributed by atoms with van der Waals surface area (Å²) in [7, 11) is 1.45. The van der Waals surface area contributed by atoms with Gasteiger partial charge in [0.25, 0.3) is 0 Å². The van der Waals surface area contributed by atoms with Crippen LogP contribution in [-0.2, 0) is 16.0 Å². The average molecular weight is 308 g/mol. The van der Waals surface area contributed by atoms with Gasteiger partial charge in [-0.3, -0.25) is 4.79 Å². The van der Waals surface area contributed by atoms with E-state index in [1.807, 2.05) is 11.3 Å². The molecule has 110 valence electrons. The fourth-order valence-corrected chi connectivity index (χ4v) is 4.36. The van der Waals surface area contributed by atoms with Gasteiger partial charge in [-0.2, -0.15) is 0 Å². The van der Waals surface area contributed by atoms with Crippen molar-refractivity contribution in [3.05, 3.63) is 53.6 Å². The highest BCUT2D eigenvalue weighted by atomic mass is 32.1. The fourth-order valence-electron chi connectivity index (χ4n) is 3.23. The fraction of sp³-hybridized carbons (Fsp3) is 0.211.